The molecule has 7 nitrogen and oxygen atoms in total. The van der Waals surface area contributed by atoms with Gasteiger partial charge < -0.3 is 15.4 Å². The van der Waals surface area contributed by atoms with Crippen LogP contribution in [-0.2, 0) is 0 Å². The molecule has 0 aliphatic heterocycles. The number of rotatable bonds is 6. The average Bonchev–Trinajstić information content (AvgIpc) is 2.69. The van der Waals surface area contributed by atoms with Crippen molar-refractivity contribution in [1.82, 2.24) is 9.97 Å². The van der Waals surface area contributed by atoms with Crippen molar-refractivity contribution in [3.05, 3.63) is 71.0 Å². The molecule has 0 saturated carbocycles. The molecule has 0 spiro atoms. The van der Waals surface area contributed by atoms with Crippen LogP contribution in [0.4, 0.5) is 17.3 Å². The number of ether oxygens (including phenoxy) is 1. The second kappa shape index (κ2) is 8.49. The molecule has 0 saturated heterocycles. The first-order chi connectivity index (χ1) is 13.5. The maximum Gasteiger partial charge on any atom is 0.258 e. The molecule has 0 radical (unpaired) electrons. The van der Waals surface area contributed by atoms with E-state index in [2.05, 4.69) is 20.6 Å². The fourth-order valence-electron chi connectivity index (χ4n) is 2.40. The van der Waals surface area contributed by atoms with Gasteiger partial charge in [0.1, 0.15) is 5.75 Å². The molecule has 0 fully saturated rings. The van der Waals surface area contributed by atoms with Gasteiger partial charge in [-0.25, -0.2) is 9.97 Å². The number of amides is 1. The number of anilines is 3. The quantitative estimate of drug-likeness (QED) is 0.602. The van der Waals surface area contributed by atoms with Gasteiger partial charge in [0.2, 0.25) is 5.95 Å². The molecule has 1 amide bonds. The van der Waals surface area contributed by atoms with E-state index in [-0.39, 0.29) is 17.3 Å². The minimum Gasteiger partial charge on any atom is -0.495 e. The van der Waals surface area contributed by atoms with Crippen molar-refractivity contribution in [2.75, 3.05) is 17.7 Å². The first-order valence-corrected chi connectivity index (χ1v) is 8.69. The number of carbonyl (C=O) groups is 2. The minimum atomic E-state index is -0.369. The number of halogens is 1. The lowest BCUT2D eigenvalue weighted by Gasteiger charge is -2.09. The van der Waals surface area contributed by atoms with Crippen molar-refractivity contribution < 1.29 is 14.3 Å². The molecule has 0 unspecified atom stereocenters. The maximum atomic E-state index is 12.3. The molecule has 3 aromatic rings. The molecule has 2 aromatic carbocycles. The van der Waals surface area contributed by atoms with Gasteiger partial charge in [0, 0.05) is 29.3 Å². The summed E-state index contributed by atoms with van der Waals surface area (Å²) in [5.74, 6) is 0.429. The summed E-state index contributed by atoms with van der Waals surface area (Å²) in [5, 5.41) is 6.11. The van der Waals surface area contributed by atoms with E-state index in [0.29, 0.717) is 33.7 Å². The van der Waals surface area contributed by atoms with Crippen LogP contribution in [0, 0.1) is 0 Å². The van der Waals surface area contributed by atoms with Crippen LogP contribution >= 0.6 is 11.6 Å². The molecule has 142 valence electrons. The molecule has 2 N–H and O–H groups in total. The third-order valence-electron chi connectivity index (χ3n) is 3.85. The van der Waals surface area contributed by atoms with Crippen LogP contribution in [0.3, 0.4) is 0 Å². The second-order valence-corrected chi connectivity index (χ2v) is 6.27. The highest BCUT2D eigenvalue weighted by Gasteiger charge is 2.10. The lowest BCUT2D eigenvalue weighted by Crippen LogP contribution is -2.13. The Balaban J connectivity index is 1.68. The zero-order chi connectivity index (χ0) is 20.1. The number of methoxy groups -OCH3 is 1. The summed E-state index contributed by atoms with van der Waals surface area (Å²) in [5.41, 5.74) is 2.07. The lowest BCUT2D eigenvalue weighted by molar-refractivity contribution is 0.101. The predicted molar refractivity (Wildman–Crippen MR) is 108 cm³/mol. The Bertz CT molecular complexity index is 1020. The Labute approximate surface area is 166 Å². The fraction of sp³-hybridized carbons (Fsp3) is 0.100. The number of aromatic nitrogens is 2. The summed E-state index contributed by atoms with van der Waals surface area (Å²) in [6.45, 7) is 1.50. The topological polar surface area (TPSA) is 93.2 Å². The Morgan fingerprint density at radius 1 is 1.00 bits per heavy atom. The number of nitrogens with one attached hydrogen (secondary N) is 2. The number of carbonyl (C=O) groups excluding carboxylic acids is 2. The molecule has 0 aliphatic rings. The zero-order valence-electron chi connectivity index (χ0n) is 15.2. The van der Waals surface area contributed by atoms with Crippen LogP contribution in [0.5, 0.6) is 5.75 Å². The number of ketones is 1. The van der Waals surface area contributed by atoms with Gasteiger partial charge in [-0.1, -0.05) is 23.7 Å². The first kappa shape index (κ1) is 19.3. The van der Waals surface area contributed by atoms with Crippen molar-refractivity contribution >= 4 is 40.6 Å². The van der Waals surface area contributed by atoms with Crippen LogP contribution < -0.4 is 15.4 Å². The van der Waals surface area contributed by atoms with Crippen molar-refractivity contribution in [2.45, 2.75) is 6.92 Å². The van der Waals surface area contributed by atoms with Crippen molar-refractivity contribution in [3.8, 4) is 5.75 Å². The number of nitrogens with zero attached hydrogens (tertiary/aromatic N) is 2. The number of benzene rings is 2. The van der Waals surface area contributed by atoms with Gasteiger partial charge in [0.25, 0.3) is 5.91 Å². The highest BCUT2D eigenvalue weighted by Crippen LogP contribution is 2.27. The predicted octanol–water partition coefficient (Wildman–Crippen LogP) is 4.34. The highest BCUT2D eigenvalue weighted by molar-refractivity contribution is 6.32. The van der Waals surface area contributed by atoms with E-state index in [1.807, 2.05) is 0 Å². The Morgan fingerprint density at radius 2 is 1.75 bits per heavy atom. The van der Waals surface area contributed by atoms with Gasteiger partial charge >= 0.3 is 0 Å². The van der Waals surface area contributed by atoms with Crippen molar-refractivity contribution in [3.63, 3.8) is 0 Å². The zero-order valence-corrected chi connectivity index (χ0v) is 15.9. The largest absolute Gasteiger partial charge is 0.495 e. The summed E-state index contributed by atoms with van der Waals surface area (Å²) < 4.78 is 5.08. The molecule has 1 aromatic heterocycles. The van der Waals surface area contributed by atoms with Crippen LogP contribution in [0.15, 0.2) is 54.9 Å². The van der Waals surface area contributed by atoms with Gasteiger partial charge in [0.15, 0.2) is 5.78 Å². The van der Waals surface area contributed by atoms with E-state index in [9.17, 15) is 9.59 Å². The van der Waals surface area contributed by atoms with Crippen LogP contribution in [0.25, 0.3) is 0 Å². The molecular formula is C20H17ClN4O3. The molecule has 28 heavy (non-hydrogen) atoms. The highest BCUT2D eigenvalue weighted by atomic mass is 35.5. The fourth-order valence-corrected chi connectivity index (χ4v) is 2.66. The van der Waals surface area contributed by atoms with Gasteiger partial charge in [0.05, 0.1) is 17.7 Å². The van der Waals surface area contributed by atoms with E-state index in [1.165, 1.54) is 26.4 Å². The Morgan fingerprint density at radius 3 is 2.39 bits per heavy atom. The van der Waals surface area contributed by atoms with Crippen LogP contribution in [-0.4, -0.2) is 28.8 Å². The summed E-state index contributed by atoms with van der Waals surface area (Å²) in [7, 11) is 1.52. The monoisotopic (exact) mass is 396 g/mol. The third kappa shape index (κ3) is 4.63. The van der Waals surface area contributed by atoms with E-state index in [4.69, 9.17) is 16.3 Å². The Kier molecular flexibility index (Phi) is 5.86. The SMILES string of the molecule is COc1ccc(NC(=O)c2cnc(Nc3cccc(C(C)=O)c3)nc2)cc1Cl. The second-order valence-electron chi connectivity index (χ2n) is 5.86. The van der Waals surface area contributed by atoms with Crippen LogP contribution in [0.2, 0.25) is 5.02 Å². The normalized spacial score (nSPS) is 10.2. The summed E-state index contributed by atoms with van der Waals surface area (Å²) in [4.78, 5) is 32.1. The molecule has 0 aliphatic carbocycles. The number of hydrogen-bond acceptors (Lipinski definition) is 6. The van der Waals surface area contributed by atoms with Gasteiger partial charge in [-0.3, -0.25) is 9.59 Å². The van der Waals surface area contributed by atoms with E-state index < -0.39 is 0 Å². The van der Waals surface area contributed by atoms with Gasteiger partial charge in [-0.05, 0) is 37.3 Å². The minimum absolute atomic E-state index is 0.0322. The van der Waals surface area contributed by atoms with Gasteiger partial charge in [-0.2, -0.15) is 0 Å². The number of hydrogen-bond donors (Lipinski definition) is 2. The van der Waals surface area contributed by atoms with E-state index in [1.54, 1.807) is 42.5 Å². The molecule has 8 heteroatoms. The lowest BCUT2D eigenvalue weighted by atomic mass is 10.1. The van der Waals surface area contributed by atoms with Crippen molar-refractivity contribution in [1.29, 1.82) is 0 Å². The average molecular weight is 397 g/mol. The first-order valence-electron chi connectivity index (χ1n) is 8.31. The number of Topliss-reactive ketones (excluding diaryl/α,β-unsaturated/α-hetero) is 1. The third-order valence-corrected chi connectivity index (χ3v) is 4.14. The molecule has 0 atom stereocenters. The van der Waals surface area contributed by atoms with E-state index >= 15 is 0 Å². The molecule has 1 heterocycles. The standard InChI is InChI=1S/C20H17ClN4O3/c1-12(26)13-4-3-5-15(8-13)25-20-22-10-14(11-23-20)19(27)24-16-6-7-18(28-2)17(21)9-16/h3-11H,1-2H3,(H,24,27)(H,22,23,25). The smallest absolute Gasteiger partial charge is 0.258 e. The summed E-state index contributed by atoms with van der Waals surface area (Å²) >= 11 is 6.06. The van der Waals surface area contributed by atoms with Gasteiger partial charge in [-0.15, -0.1) is 0 Å². The van der Waals surface area contributed by atoms with Crippen molar-refractivity contribution in [2.24, 2.45) is 0 Å². The van der Waals surface area contributed by atoms with Crippen LogP contribution in [0.1, 0.15) is 27.6 Å². The molecule has 0 bridgehead atoms. The Hall–Kier alpha value is -3.45. The summed E-state index contributed by atoms with van der Waals surface area (Å²) in [6.07, 6.45) is 2.81. The summed E-state index contributed by atoms with van der Waals surface area (Å²) in [6, 6.07) is 11.9. The van der Waals surface area contributed by atoms with E-state index in [0.717, 1.165) is 0 Å². The maximum absolute atomic E-state index is 12.3. The molecular weight excluding hydrogens is 380 g/mol. The molecule has 3 rings (SSSR count).